The van der Waals surface area contributed by atoms with Crippen molar-refractivity contribution in [1.82, 2.24) is 10.2 Å². The highest BCUT2D eigenvalue weighted by Crippen LogP contribution is 2.41. The van der Waals surface area contributed by atoms with Gasteiger partial charge in [-0.3, -0.25) is 10.1 Å². The molecule has 0 aromatic heterocycles. The van der Waals surface area contributed by atoms with E-state index in [1.54, 1.807) is 4.90 Å². The van der Waals surface area contributed by atoms with Gasteiger partial charge in [0.25, 0.3) is 6.43 Å². The minimum absolute atomic E-state index is 0.0230. The maximum Gasteiger partial charge on any atom is 0.261 e. The van der Waals surface area contributed by atoms with Gasteiger partial charge in [-0.25, -0.2) is 8.78 Å². The van der Waals surface area contributed by atoms with Crippen LogP contribution in [-0.2, 0) is 9.53 Å². The van der Waals surface area contributed by atoms with Gasteiger partial charge >= 0.3 is 0 Å². The summed E-state index contributed by atoms with van der Waals surface area (Å²) < 4.78 is 28.4. The molecule has 1 N–H and O–H groups in total. The van der Waals surface area contributed by atoms with Crippen LogP contribution in [0.15, 0.2) is 0 Å². The number of carbonyl (C=O) groups excluding carboxylic acids is 1. The van der Waals surface area contributed by atoms with Crippen LogP contribution in [0.2, 0.25) is 0 Å². The number of alkyl halides is 2. The molecule has 92 valence electrons. The molecule has 0 aromatic rings. The van der Waals surface area contributed by atoms with Crippen LogP contribution in [0.5, 0.6) is 0 Å². The summed E-state index contributed by atoms with van der Waals surface area (Å²) in [6, 6.07) is 0. The molecule has 1 unspecified atom stereocenters. The van der Waals surface area contributed by atoms with Gasteiger partial charge in [-0.1, -0.05) is 0 Å². The Kier molecular flexibility index (Phi) is 3.12. The number of carbonyl (C=O) groups is 1. The van der Waals surface area contributed by atoms with E-state index in [1.165, 1.54) is 0 Å². The predicted molar refractivity (Wildman–Crippen MR) is 53.1 cm³/mol. The molecule has 1 amide bonds. The van der Waals surface area contributed by atoms with Crippen LogP contribution in [0.4, 0.5) is 8.78 Å². The second kappa shape index (κ2) is 4.25. The lowest BCUT2D eigenvalue weighted by Gasteiger charge is -2.20. The van der Waals surface area contributed by atoms with Crippen molar-refractivity contribution in [3.8, 4) is 0 Å². The Morgan fingerprint density at radius 1 is 1.62 bits per heavy atom. The molecule has 6 heteroatoms. The van der Waals surface area contributed by atoms with E-state index in [0.29, 0.717) is 6.54 Å². The molecule has 1 atom stereocenters. The van der Waals surface area contributed by atoms with Crippen LogP contribution < -0.4 is 5.32 Å². The average Bonchev–Trinajstić information content (AvgIpc) is 2.92. The fraction of sp³-hybridized carbons (Fsp3) is 0.900. The third kappa shape index (κ3) is 2.17. The van der Waals surface area contributed by atoms with Crippen molar-refractivity contribution in [2.24, 2.45) is 0 Å². The fourth-order valence-corrected chi connectivity index (χ4v) is 2.10. The van der Waals surface area contributed by atoms with Crippen LogP contribution in [0.1, 0.15) is 19.8 Å². The van der Waals surface area contributed by atoms with Gasteiger partial charge in [-0.05, 0) is 19.8 Å². The molecule has 1 heterocycles. The van der Waals surface area contributed by atoms with Crippen LogP contribution >= 0.6 is 0 Å². The first-order valence-corrected chi connectivity index (χ1v) is 5.50. The zero-order chi connectivity index (χ0) is 11.8. The minimum atomic E-state index is -2.44. The standard InChI is InChI=1S/C10H16F2N2O2/c1-7-13-10(2-3-10)9(15)14(7)4-5-16-6-8(11)12/h7-8,13H,2-6H2,1H3. The topological polar surface area (TPSA) is 41.6 Å². The Labute approximate surface area is 92.9 Å². The highest BCUT2D eigenvalue weighted by molar-refractivity contribution is 5.91. The number of hydrogen-bond donors (Lipinski definition) is 1. The Morgan fingerprint density at radius 3 is 2.81 bits per heavy atom. The largest absolute Gasteiger partial charge is 0.374 e. The first-order chi connectivity index (χ1) is 7.55. The summed E-state index contributed by atoms with van der Waals surface area (Å²) in [5.41, 5.74) is -0.331. The van der Waals surface area contributed by atoms with E-state index in [0.717, 1.165) is 12.8 Å². The lowest BCUT2D eigenvalue weighted by atomic mass is 10.3. The van der Waals surface area contributed by atoms with Gasteiger partial charge in [0.05, 0.1) is 18.3 Å². The van der Waals surface area contributed by atoms with E-state index in [9.17, 15) is 13.6 Å². The summed E-state index contributed by atoms with van der Waals surface area (Å²) in [5.74, 6) is 0.0839. The SMILES string of the molecule is CC1NC2(CC2)C(=O)N1CCOCC(F)F. The normalized spacial score (nSPS) is 27.1. The van der Waals surface area contributed by atoms with Gasteiger partial charge < -0.3 is 9.64 Å². The highest BCUT2D eigenvalue weighted by atomic mass is 19.3. The lowest BCUT2D eigenvalue weighted by Crippen LogP contribution is -2.37. The van der Waals surface area contributed by atoms with Crippen LogP contribution in [-0.4, -0.2) is 48.7 Å². The third-order valence-corrected chi connectivity index (χ3v) is 3.09. The Balaban J connectivity index is 1.75. The van der Waals surface area contributed by atoms with Crippen molar-refractivity contribution >= 4 is 5.91 Å². The van der Waals surface area contributed by atoms with E-state index in [4.69, 9.17) is 4.74 Å². The maximum absolute atomic E-state index is 11.9. The van der Waals surface area contributed by atoms with Crippen molar-refractivity contribution in [2.75, 3.05) is 19.8 Å². The van der Waals surface area contributed by atoms with Gasteiger partial charge in [0.2, 0.25) is 5.91 Å². The molecule has 1 spiro atoms. The predicted octanol–water partition coefficient (Wildman–Crippen LogP) is 0.578. The Bertz CT molecular complexity index is 282. The lowest BCUT2D eigenvalue weighted by molar-refractivity contribution is -0.131. The molecule has 2 aliphatic rings. The number of amides is 1. The Hall–Kier alpha value is -0.750. The zero-order valence-corrected chi connectivity index (χ0v) is 9.21. The third-order valence-electron chi connectivity index (χ3n) is 3.09. The quantitative estimate of drug-likeness (QED) is 0.707. The minimum Gasteiger partial charge on any atom is -0.374 e. The number of nitrogens with zero attached hydrogens (tertiary/aromatic N) is 1. The molecule has 0 radical (unpaired) electrons. The average molecular weight is 234 g/mol. The molecule has 1 aliphatic carbocycles. The second-order valence-corrected chi connectivity index (χ2v) is 4.37. The summed E-state index contributed by atoms with van der Waals surface area (Å²) >= 11 is 0. The van der Waals surface area contributed by atoms with E-state index in [-0.39, 0.29) is 24.2 Å². The maximum atomic E-state index is 11.9. The number of ether oxygens (including phenoxy) is 1. The highest BCUT2D eigenvalue weighted by Gasteiger charge is 2.57. The van der Waals surface area contributed by atoms with E-state index in [1.807, 2.05) is 6.92 Å². The smallest absolute Gasteiger partial charge is 0.261 e. The second-order valence-electron chi connectivity index (χ2n) is 4.37. The van der Waals surface area contributed by atoms with Gasteiger partial charge in [0.15, 0.2) is 0 Å². The van der Waals surface area contributed by atoms with Gasteiger partial charge in [-0.15, -0.1) is 0 Å². The van der Waals surface area contributed by atoms with Crippen molar-refractivity contribution < 1.29 is 18.3 Å². The molecule has 2 fully saturated rings. The van der Waals surface area contributed by atoms with Gasteiger partial charge in [-0.2, -0.15) is 0 Å². The van der Waals surface area contributed by atoms with E-state index < -0.39 is 13.0 Å². The molecule has 1 aliphatic heterocycles. The summed E-state index contributed by atoms with van der Waals surface area (Å²) in [7, 11) is 0. The van der Waals surface area contributed by atoms with Crippen LogP contribution in [0.25, 0.3) is 0 Å². The number of nitrogens with one attached hydrogen (secondary N) is 1. The first-order valence-electron chi connectivity index (χ1n) is 5.50. The molecule has 0 bridgehead atoms. The van der Waals surface area contributed by atoms with Crippen molar-refractivity contribution in [3.05, 3.63) is 0 Å². The number of halogens is 2. The molecule has 1 saturated carbocycles. The van der Waals surface area contributed by atoms with Crippen molar-refractivity contribution in [3.63, 3.8) is 0 Å². The number of rotatable bonds is 5. The molecular weight excluding hydrogens is 218 g/mol. The van der Waals surface area contributed by atoms with Crippen LogP contribution in [0, 0.1) is 0 Å². The van der Waals surface area contributed by atoms with Gasteiger partial charge in [0.1, 0.15) is 6.61 Å². The van der Waals surface area contributed by atoms with Crippen LogP contribution in [0.3, 0.4) is 0 Å². The molecule has 0 aromatic carbocycles. The fourth-order valence-electron chi connectivity index (χ4n) is 2.10. The summed E-state index contributed by atoms with van der Waals surface area (Å²) in [6.45, 7) is 1.88. The first kappa shape index (κ1) is 11.7. The van der Waals surface area contributed by atoms with E-state index in [2.05, 4.69) is 5.32 Å². The van der Waals surface area contributed by atoms with Crippen molar-refractivity contribution in [1.29, 1.82) is 0 Å². The molecular formula is C10H16F2N2O2. The van der Waals surface area contributed by atoms with Crippen molar-refractivity contribution in [2.45, 2.75) is 37.9 Å². The monoisotopic (exact) mass is 234 g/mol. The van der Waals surface area contributed by atoms with E-state index >= 15 is 0 Å². The molecule has 16 heavy (non-hydrogen) atoms. The summed E-state index contributed by atoms with van der Waals surface area (Å²) in [6.07, 6.45) is -0.709. The molecule has 4 nitrogen and oxygen atoms in total. The number of hydrogen-bond acceptors (Lipinski definition) is 3. The summed E-state index contributed by atoms with van der Waals surface area (Å²) in [5, 5.41) is 3.23. The zero-order valence-electron chi connectivity index (χ0n) is 9.21. The summed E-state index contributed by atoms with van der Waals surface area (Å²) in [4.78, 5) is 13.6. The van der Waals surface area contributed by atoms with Gasteiger partial charge in [0, 0.05) is 6.54 Å². The molecule has 2 rings (SSSR count). The molecule has 1 saturated heterocycles. The Morgan fingerprint density at radius 2 is 2.31 bits per heavy atom.